The van der Waals surface area contributed by atoms with Gasteiger partial charge in [0.05, 0.1) is 5.69 Å². The minimum absolute atomic E-state index is 0.0844. The maximum absolute atomic E-state index is 13.7. The quantitative estimate of drug-likeness (QED) is 0.826. The Morgan fingerprint density at radius 3 is 2.59 bits per heavy atom. The molecule has 154 valence electrons. The van der Waals surface area contributed by atoms with Crippen LogP contribution in [-0.4, -0.2) is 53.2 Å². The van der Waals surface area contributed by atoms with E-state index in [2.05, 4.69) is 15.5 Å². The van der Waals surface area contributed by atoms with Crippen LogP contribution in [0.1, 0.15) is 47.8 Å². The number of anilines is 1. The van der Waals surface area contributed by atoms with Crippen LogP contribution in [0.15, 0.2) is 30.3 Å². The first-order valence-corrected chi connectivity index (χ1v) is 10.1. The highest BCUT2D eigenvalue weighted by molar-refractivity contribution is 6.03. The monoisotopic (exact) mass is 400 g/mol. The summed E-state index contributed by atoms with van der Waals surface area (Å²) in [5.74, 6) is -0.401. The number of nitrogens with zero attached hydrogens (tertiary/aromatic N) is 2. The topological polar surface area (TPSA) is 87.3 Å². The highest BCUT2D eigenvalue weighted by Crippen LogP contribution is 2.29. The molecule has 0 bridgehead atoms. The SMILES string of the molecule is O=C(Nc1ccccc1F)c1cc(C2CCN(C(=O)C3CCOCC3)CC2)[nH]n1. The van der Waals surface area contributed by atoms with Gasteiger partial charge in [-0.3, -0.25) is 14.7 Å². The number of aromatic nitrogens is 2. The van der Waals surface area contributed by atoms with Crippen molar-refractivity contribution in [3.8, 4) is 0 Å². The zero-order chi connectivity index (χ0) is 20.2. The largest absolute Gasteiger partial charge is 0.381 e. The number of amides is 2. The fourth-order valence-electron chi connectivity index (χ4n) is 4.02. The number of halogens is 1. The van der Waals surface area contributed by atoms with Gasteiger partial charge in [-0.05, 0) is 43.9 Å². The fourth-order valence-corrected chi connectivity index (χ4v) is 4.02. The van der Waals surface area contributed by atoms with Gasteiger partial charge in [0.25, 0.3) is 5.91 Å². The van der Waals surface area contributed by atoms with Crippen molar-refractivity contribution in [3.63, 3.8) is 0 Å². The van der Waals surface area contributed by atoms with Crippen LogP contribution < -0.4 is 5.32 Å². The summed E-state index contributed by atoms with van der Waals surface area (Å²) in [4.78, 5) is 27.0. The van der Waals surface area contributed by atoms with Crippen LogP contribution in [0, 0.1) is 11.7 Å². The van der Waals surface area contributed by atoms with Crippen molar-refractivity contribution in [3.05, 3.63) is 47.5 Å². The van der Waals surface area contributed by atoms with Crippen LogP contribution in [0.3, 0.4) is 0 Å². The third-order valence-corrected chi connectivity index (χ3v) is 5.77. The summed E-state index contributed by atoms with van der Waals surface area (Å²) in [6.45, 7) is 2.74. The molecule has 2 saturated heterocycles. The van der Waals surface area contributed by atoms with Gasteiger partial charge in [-0.1, -0.05) is 12.1 Å². The van der Waals surface area contributed by atoms with E-state index in [1.54, 1.807) is 18.2 Å². The second kappa shape index (κ2) is 8.73. The van der Waals surface area contributed by atoms with Gasteiger partial charge in [-0.25, -0.2) is 4.39 Å². The van der Waals surface area contributed by atoms with E-state index in [1.807, 2.05) is 4.90 Å². The Hall–Kier alpha value is -2.74. The van der Waals surface area contributed by atoms with Gasteiger partial charge < -0.3 is 15.0 Å². The van der Waals surface area contributed by atoms with Crippen LogP contribution in [0.2, 0.25) is 0 Å². The Morgan fingerprint density at radius 2 is 1.86 bits per heavy atom. The molecule has 4 rings (SSSR count). The first-order chi connectivity index (χ1) is 14.1. The Kier molecular flexibility index (Phi) is 5.89. The standard InChI is InChI=1S/C21H25FN4O3/c22-16-3-1-2-4-17(16)23-20(27)19-13-18(24-25-19)14-5-9-26(10-6-14)21(28)15-7-11-29-12-8-15/h1-4,13-15H,5-12H2,(H,23,27)(H,24,25). The van der Waals surface area contributed by atoms with Gasteiger partial charge in [0, 0.05) is 43.8 Å². The second-order valence-electron chi connectivity index (χ2n) is 7.63. The second-order valence-corrected chi connectivity index (χ2v) is 7.63. The molecule has 2 amide bonds. The summed E-state index contributed by atoms with van der Waals surface area (Å²) < 4.78 is 19.1. The first kappa shape index (κ1) is 19.6. The number of likely N-dealkylation sites (tertiary alicyclic amines) is 1. The van der Waals surface area contributed by atoms with E-state index in [0.717, 1.165) is 31.4 Å². The highest BCUT2D eigenvalue weighted by atomic mass is 19.1. The minimum atomic E-state index is -0.488. The van der Waals surface area contributed by atoms with Crippen molar-refractivity contribution in [2.45, 2.75) is 31.6 Å². The predicted octanol–water partition coefficient (Wildman–Crippen LogP) is 2.93. The lowest BCUT2D eigenvalue weighted by Crippen LogP contribution is -2.42. The molecule has 2 N–H and O–H groups in total. The van der Waals surface area contributed by atoms with Gasteiger partial charge in [0.1, 0.15) is 5.82 Å². The van der Waals surface area contributed by atoms with E-state index in [9.17, 15) is 14.0 Å². The van der Waals surface area contributed by atoms with E-state index in [-0.39, 0.29) is 29.1 Å². The van der Waals surface area contributed by atoms with Crippen LogP contribution in [0.5, 0.6) is 0 Å². The number of hydrogen-bond acceptors (Lipinski definition) is 4. The number of carbonyl (C=O) groups is 2. The summed E-state index contributed by atoms with van der Waals surface area (Å²) in [6, 6.07) is 7.74. The van der Waals surface area contributed by atoms with Gasteiger partial charge in [-0.15, -0.1) is 0 Å². The number of para-hydroxylation sites is 1. The molecule has 2 aromatic rings. The zero-order valence-corrected chi connectivity index (χ0v) is 16.2. The number of hydrogen-bond donors (Lipinski definition) is 2. The lowest BCUT2D eigenvalue weighted by Gasteiger charge is -2.34. The number of piperidine rings is 1. The summed E-state index contributed by atoms with van der Waals surface area (Å²) >= 11 is 0. The summed E-state index contributed by atoms with van der Waals surface area (Å²) in [7, 11) is 0. The number of carbonyl (C=O) groups excluding carboxylic acids is 2. The number of benzene rings is 1. The molecule has 1 aromatic carbocycles. The molecule has 2 aliphatic heterocycles. The molecule has 0 unspecified atom stereocenters. The average molecular weight is 400 g/mol. The summed E-state index contributed by atoms with van der Waals surface area (Å²) in [6.07, 6.45) is 3.26. The third-order valence-electron chi connectivity index (χ3n) is 5.77. The molecule has 0 aliphatic carbocycles. The molecular formula is C21H25FN4O3. The van der Waals surface area contributed by atoms with Crippen LogP contribution in [-0.2, 0) is 9.53 Å². The van der Waals surface area contributed by atoms with E-state index in [0.29, 0.717) is 26.3 Å². The Morgan fingerprint density at radius 1 is 1.14 bits per heavy atom. The normalized spacial score (nSPS) is 18.6. The first-order valence-electron chi connectivity index (χ1n) is 10.1. The number of rotatable bonds is 4. The average Bonchev–Trinajstić information content (AvgIpc) is 3.26. The molecule has 3 heterocycles. The molecule has 0 saturated carbocycles. The lowest BCUT2D eigenvalue weighted by molar-refractivity contribution is -0.139. The van der Waals surface area contributed by atoms with Gasteiger partial charge >= 0.3 is 0 Å². The van der Waals surface area contributed by atoms with Crippen molar-refractivity contribution in [2.75, 3.05) is 31.6 Å². The van der Waals surface area contributed by atoms with Gasteiger partial charge in [0.2, 0.25) is 5.91 Å². The third kappa shape index (κ3) is 4.48. The lowest BCUT2D eigenvalue weighted by atomic mass is 9.91. The van der Waals surface area contributed by atoms with E-state index >= 15 is 0 Å². The van der Waals surface area contributed by atoms with Crippen molar-refractivity contribution < 1.29 is 18.7 Å². The molecule has 1 aromatic heterocycles. The van der Waals surface area contributed by atoms with E-state index in [1.165, 1.54) is 12.1 Å². The molecule has 7 nitrogen and oxygen atoms in total. The highest BCUT2D eigenvalue weighted by Gasteiger charge is 2.30. The van der Waals surface area contributed by atoms with Gasteiger partial charge in [0.15, 0.2) is 5.69 Å². The molecule has 0 spiro atoms. The minimum Gasteiger partial charge on any atom is -0.381 e. The number of aromatic amines is 1. The number of H-pyrrole nitrogens is 1. The number of ether oxygens (including phenoxy) is 1. The van der Waals surface area contributed by atoms with Crippen molar-refractivity contribution in [1.29, 1.82) is 0 Å². The van der Waals surface area contributed by atoms with Crippen molar-refractivity contribution in [1.82, 2.24) is 15.1 Å². The smallest absolute Gasteiger partial charge is 0.276 e. The van der Waals surface area contributed by atoms with E-state index < -0.39 is 11.7 Å². The van der Waals surface area contributed by atoms with Crippen LogP contribution in [0.4, 0.5) is 10.1 Å². The molecule has 29 heavy (non-hydrogen) atoms. The fraction of sp³-hybridized carbons (Fsp3) is 0.476. The van der Waals surface area contributed by atoms with Crippen LogP contribution >= 0.6 is 0 Å². The van der Waals surface area contributed by atoms with Gasteiger partial charge in [-0.2, -0.15) is 5.10 Å². The Labute approximate surface area is 168 Å². The predicted molar refractivity (Wildman–Crippen MR) is 105 cm³/mol. The summed E-state index contributed by atoms with van der Waals surface area (Å²) in [5.41, 5.74) is 1.23. The van der Waals surface area contributed by atoms with Crippen molar-refractivity contribution >= 4 is 17.5 Å². The maximum Gasteiger partial charge on any atom is 0.276 e. The van der Waals surface area contributed by atoms with Crippen molar-refractivity contribution in [2.24, 2.45) is 5.92 Å². The van der Waals surface area contributed by atoms with Crippen LogP contribution in [0.25, 0.3) is 0 Å². The Balaban J connectivity index is 1.33. The molecule has 2 fully saturated rings. The summed E-state index contributed by atoms with van der Waals surface area (Å²) in [5, 5.41) is 9.57. The maximum atomic E-state index is 13.7. The molecular weight excluding hydrogens is 375 g/mol. The van der Waals surface area contributed by atoms with E-state index in [4.69, 9.17) is 4.74 Å². The molecule has 0 atom stereocenters. The molecule has 0 radical (unpaired) electrons. The zero-order valence-electron chi connectivity index (χ0n) is 16.2. The Bertz CT molecular complexity index is 870. The number of nitrogens with one attached hydrogen (secondary N) is 2. The molecule has 2 aliphatic rings. The molecule has 8 heteroatoms.